The van der Waals surface area contributed by atoms with E-state index in [-0.39, 0.29) is 22.8 Å². The first kappa shape index (κ1) is 24.3. The fraction of sp³-hybridized carbons (Fsp3) is 0.650. The number of nitrogens with one attached hydrogen (secondary N) is 2. The van der Waals surface area contributed by atoms with Gasteiger partial charge >= 0.3 is 18.0 Å². The maximum atomic E-state index is 13.1. The van der Waals surface area contributed by atoms with Crippen LogP contribution >= 0.6 is 11.3 Å². The summed E-state index contributed by atoms with van der Waals surface area (Å²) in [6.45, 7) is 6.40. The minimum Gasteiger partial charge on any atom is -0.443 e. The van der Waals surface area contributed by atoms with Gasteiger partial charge in [0.1, 0.15) is 10.4 Å². The third kappa shape index (κ3) is 5.34. The number of rotatable bonds is 6. The number of amides is 1. The van der Waals surface area contributed by atoms with Crippen molar-refractivity contribution < 1.29 is 22.7 Å². The van der Waals surface area contributed by atoms with Crippen molar-refractivity contribution in [3.05, 3.63) is 31.3 Å². The Morgan fingerprint density at radius 2 is 1.88 bits per heavy atom. The lowest BCUT2D eigenvalue weighted by Crippen LogP contribution is -2.44. The molecule has 1 aliphatic rings. The molecule has 1 amide bonds. The van der Waals surface area contributed by atoms with Gasteiger partial charge in [-0.05, 0) is 52.5 Å². The number of nitrogens with zero attached hydrogens (tertiary/aromatic N) is 2. The zero-order chi connectivity index (χ0) is 23.8. The van der Waals surface area contributed by atoms with Gasteiger partial charge < -0.3 is 4.74 Å². The molecule has 178 valence electrons. The molecule has 0 radical (unpaired) electrons. The van der Waals surface area contributed by atoms with Crippen LogP contribution in [0.25, 0.3) is 10.2 Å². The topological polar surface area (TPSA) is 94.4 Å². The van der Waals surface area contributed by atoms with Crippen LogP contribution in [-0.4, -0.2) is 27.0 Å². The molecule has 2 aromatic heterocycles. The standard InChI is InChI=1S/C20H27F3N4O4S/c1-11-13(10-24-25-17(29)31-19(2,3)4)32-16-14(11)15(28)27(12-6-5-7-12)18(30)26(16)9-8-20(21,22)23/h12,24H,5-10H2,1-4H3,(H,25,29). The summed E-state index contributed by atoms with van der Waals surface area (Å²) in [6, 6.07) is -0.286. The van der Waals surface area contributed by atoms with Crippen LogP contribution < -0.4 is 22.1 Å². The van der Waals surface area contributed by atoms with Gasteiger partial charge in [-0.25, -0.2) is 15.0 Å². The molecule has 1 saturated carbocycles. The molecule has 0 aliphatic heterocycles. The molecule has 12 heteroatoms. The van der Waals surface area contributed by atoms with E-state index >= 15 is 0 Å². The Bertz CT molecular complexity index is 1120. The van der Waals surface area contributed by atoms with E-state index in [2.05, 4.69) is 10.9 Å². The Labute approximate surface area is 186 Å². The average Bonchev–Trinajstić information content (AvgIpc) is 2.91. The number of aryl methyl sites for hydroxylation is 2. The van der Waals surface area contributed by atoms with E-state index in [4.69, 9.17) is 4.74 Å². The van der Waals surface area contributed by atoms with Crippen LogP contribution in [0, 0.1) is 6.92 Å². The van der Waals surface area contributed by atoms with Crippen LogP contribution in [0.2, 0.25) is 0 Å². The second-order valence-corrected chi connectivity index (χ2v) is 9.95. The molecule has 2 heterocycles. The van der Waals surface area contributed by atoms with Crippen molar-refractivity contribution in [2.45, 2.75) is 84.3 Å². The maximum Gasteiger partial charge on any atom is 0.422 e. The first-order valence-corrected chi connectivity index (χ1v) is 11.2. The zero-order valence-corrected chi connectivity index (χ0v) is 19.2. The van der Waals surface area contributed by atoms with Crippen LogP contribution in [0.4, 0.5) is 18.0 Å². The highest BCUT2D eigenvalue weighted by Crippen LogP contribution is 2.32. The van der Waals surface area contributed by atoms with Gasteiger partial charge in [0, 0.05) is 24.0 Å². The van der Waals surface area contributed by atoms with Crippen LogP contribution in [0.15, 0.2) is 9.59 Å². The molecule has 0 aromatic carbocycles. The number of fused-ring (bicyclic) bond motifs is 1. The molecular weight excluding hydrogens is 449 g/mol. The Balaban J connectivity index is 1.96. The molecule has 3 rings (SSSR count). The molecule has 2 aromatic rings. The van der Waals surface area contributed by atoms with Crippen LogP contribution in [0.1, 0.15) is 62.9 Å². The first-order chi connectivity index (χ1) is 14.8. The zero-order valence-electron chi connectivity index (χ0n) is 18.4. The monoisotopic (exact) mass is 476 g/mol. The van der Waals surface area contributed by atoms with E-state index in [0.717, 1.165) is 26.9 Å². The highest BCUT2D eigenvalue weighted by Gasteiger charge is 2.31. The van der Waals surface area contributed by atoms with E-state index in [1.165, 1.54) is 0 Å². The third-order valence-corrected chi connectivity index (χ3v) is 6.55. The lowest BCUT2D eigenvalue weighted by Gasteiger charge is -2.27. The van der Waals surface area contributed by atoms with Crippen molar-refractivity contribution in [3.63, 3.8) is 0 Å². The number of halogens is 3. The summed E-state index contributed by atoms with van der Waals surface area (Å²) in [4.78, 5) is 38.8. The van der Waals surface area contributed by atoms with Crippen molar-refractivity contribution in [3.8, 4) is 0 Å². The minimum absolute atomic E-state index is 0.112. The molecule has 0 unspecified atom stereocenters. The van der Waals surface area contributed by atoms with Crippen molar-refractivity contribution in [2.75, 3.05) is 0 Å². The maximum absolute atomic E-state index is 13.1. The molecular formula is C20H27F3N4O4S. The average molecular weight is 477 g/mol. The van der Waals surface area contributed by atoms with Gasteiger partial charge in [0.2, 0.25) is 0 Å². The van der Waals surface area contributed by atoms with Crippen molar-refractivity contribution in [1.29, 1.82) is 0 Å². The normalized spacial score (nSPS) is 15.1. The fourth-order valence-corrected chi connectivity index (χ4v) is 4.74. The Kier molecular flexibility index (Phi) is 6.75. The summed E-state index contributed by atoms with van der Waals surface area (Å²) >= 11 is 1.07. The summed E-state index contributed by atoms with van der Waals surface area (Å²) in [7, 11) is 0. The Morgan fingerprint density at radius 1 is 1.22 bits per heavy atom. The number of hydrogen-bond donors (Lipinski definition) is 2. The highest BCUT2D eigenvalue weighted by atomic mass is 32.1. The lowest BCUT2D eigenvalue weighted by molar-refractivity contribution is -0.136. The van der Waals surface area contributed by atoms with Crippen LogP contribution in [-0.2, 0) is 17.8 Å². The molecule has 2 N–H and O–H groups in total. The molecule has 1 aliphatic carbocycles. The number of hydrogen-bond acceptors (Lipinski definition) is 6. The molecule has 8 nitrogen and oxygen atoms in total. The molecule has 0 saturated heterocycles. The lowest BCUT2D eigenvalue weighted by atomic mass is 9.93. The van der Waals surface area contributed by atoms with Gasteiger partial charge in [0.25, 0.3) is 5.56 Å². The van der Waals surface area contributed by atoms with Gasteiger partial charge in [0.15, 0.2) is 0 Å². The van der Waals surface area contributed by atoms with E-state index in [1.54, 1.807) is 27.7 Å². The second-order valence-electron chi connectivity index (χ2n) is 8.87. The van der Waals surface area contributed by atoms with Gasteiger partial charge in [-0.1, -0.05) is 0 Å². The number of hydrazine groups is 1. The van der Waals surface area contributed by atoms with E-state index in [1.807, 2.05) is 0 Å². The summed E-state index contributed by atoms with van der Waals surface area (Å²) < 4.78 is 46.0. The number of carbonyl (C=O) groups is 1. The largest absolute Gasteiger partial charge is 0.443 e. The number of aromatic nitrogens is 2. The summed E-state index contributed by atoms with van der Waals surface area (Å²) in [5, 5.41) is 0.248. The van der Waals surface area contributed by atoms with Gasteiger partial charge in [0.05, 0.1) is 11.8 Å². The quantitative estimate of drug-likeness (QED) is 0.620. The fourth-order valence-electron chi connectivity index (χ4n) is 3.48. The molecule has 0 bridgehead atoms. The van der Waals surface area contributed by atoms with Gasteiger partial charge in [-0.2, -0.15) is 13.2 Å². The SMILES string of the molecule is Cc1c(CNNC(=O)OC(C)(C)C)sc2c1c(=O)n(C1CCC1)c(=O)n2CCC(F)(F)F. The Hall–Kier alpha value is -2.34. The smallest absolute Gasteiger partial charge is 0.422 e. The molecule has 1 fully saturated rings. The summed E-state index contributed by atoms with van der Waals surface area (Å²) in [5.74, 6) is 0. The number of alkyl halides is 3. The highest BCUT2D eigenvalue weighted by molar-refractivity contribution is 7.18. The number of thiophene rings is 1. The van der Waals surface area contributed by atoms with Gasteiger partial charge in [-0.15, -0.1) is 11.3 Å². The van der Waals surface area contributed by atoms with Crippen LogP contribution in [0.5, 0.6) is 0 Å². The summed E-state index contributed by atoms with van der Waals surface area (Å²) in [6.07, 6.45) is -4.13. The van der Waals surface area contributed by atoms with Crippen molar-refractivity contribution in [1.82, 2.24) is 20.0 Å². The van der Waals surface area contributed by atoms with Crippen LogP contribution in [0.3, 0.4) is 0 Å². The molecule has 0 atom stereocenters. The van der Waals surface area contributed by atoms with E-state index < -0.39 is 42.1 Å². The van der Waals surface area contributed by atoms with Crippen molar-refractivity contribution >= 4 is 27.6 Å². The molecule has 32 heavy (non-hydrogen) atoms. The number of ether oxygens (including phenoxy) is 1. The van der Waals surface area contributed by atoms with E-state index in [0.29, 0.717) is 23.3 Å². The number of carbonyl (C=O) groups excluding carboxylic acids is 1. The molecule has 0 spiro atoms. The predicted octanol–water partition coefficient (Wildman–Crippen LogP) is 3.74. The van der Waals surface area contributed by atoms with Crippen molar-refractivity contribution in [2.24, 2.45) is 0 Å². The third-order valence-electron chi connectivity index (χ3n) is 5.24. The predicted molar refractivity (Wildman–Crippen MR) is 115 cm³/mol. The Morgan fingerprint density at radius 3 is 2.41 bits per heavy atom. The summed E-state index contributed by atoms with van der Waals surface area (Å²) in [5.41, 5.74) is 3.81. The second kappa shape index (κ2) is 8.89. The van der Waals surface area contributed by atoms with E-state index in [9.17, 15) is 27.6 Å². The first-order valence-electron chi connectivity index (χ1n) is 10.3. The van der Waals surface area contributed by atoms with Gasteiger partial charge in [-0.3, -0.25) is 19.4 Å². The minimum atomic E-state index is -4.43.